The Morgan fingerprint density at radius 2 is 1.16 bits per heavy atom. The zero-order valence-electron chi connectivity index (χ0n) is 20.2. The molecule has 2 aliphatic heterocycles. The van der Waals surface area contributed by atoms with E-state index in [1.54, 1.807) is 48.5 Å². The van der Waals surface area contributed by atoms with Crippen molar-refractivity contribution in [1.29, 1.82) is 0 Å². The maximum Gasteiger partial charge on any atom is 0.529 e. The summed E-state index contributed by atoms with van der Waals surface area (Å²) >= 11 is 0. The quantitative estimate of drug-likeness (QED) is 0.250. The number of rotatable bonds is 8. The van der Waals surface area contributed by atoms with E-state index in [1.165, 1.54) is 40.6 Å². The average molecular weight is 548 g/mol. The van der Waals surface area contributed by atoms with E-state index in [9.17, 15) is 13.9 Å². The Hall–Kier alpha value is -3.17. The molecular formula is C24H22O11P2. The van der Waals surface area contributed by atoms with Crippen molar-refractivity contribution >= 4 is 21.6 Å². The fourth-order valence-corrected chi connectivity index (χ4v) is 5.65. The average Bonchev–Trinajstić information content (AvgIpc) is 3.21. The molecule has 0 fully saturated rings. The van der Waals surface area contributed by atoms with Gasteiger partial charge in [0.1, 0.15) is 23.0 Å². The van der Waals surface area contributed by atoms with Gasteiger partial charge in [0, 0.05) is 57.3 Å². The van der Waals surface area contributed by atoms with Crippen LogP contribution in [0.25, 0.3) is 0 Å². The maximum atomic E-state index is 13.0. The normalized spacial score (nSPS) is 15.3. The molecule has 0 N–H and O–H groups in total. The van der Waals surface area contributed by atoms with Gasteiger partial charge in [-0.25, -0.2) is 13.9 Å². The van der Waals surface area contributed by atoms with Crippen LogP contribution in [0.3, 0.4) is 0 Å². The summed E-state index contributed by atoms with van der Waals surface area (Å²) in [6.07, 6.45) is 0. The minimum atomic E-state index is -3.86. The molecule has 0 atom stereocenters. The van der Waals surface area contributed by atoms with Crippen molar-refractivity contribution in [3.8, 4) is 23.0 Å². The molecule has 0 bridgehead atoms. The van der Waals surface area contributed by atoms with Gasteiger partial charge in [0.05, 0.1) is 5.56 Å². The van der Waals surface area contributed by atoms with Gasteiger partial charge in [-0.1, -0.05) is 18.2 Å². The molecule has 5 rings (SSSR count). The third-order valence-corrected chi connectivity index (χ3v) is 8.64. The number of ether oxygens (including phenoxy) is 2. The third kappa shape index (κ3) is 4.14. The van der Waals surface area contributed by atoms with Crippen LogP contribution in [-0.4, -0.2) is 34.4 Å². The van der Waals surface area contributed by atoms with Gasteiger partial charge in [-0.3, -0.25) is 18.1 Å². The van der Waals surface area contributed by atoms with E-state index in [0.29, 0.717) is 22.3 Å². The Bertz CT molecular complexity index is 1390. The summed E-state index contributed by atoms with van der Waals surface area (Å²) in [5.74, 6) is 0.219. The molecule has 37 heavy (non-hydrogen) atoms. The van der Waals surface area contributed by atoms with Gasteiger partial charge in [0.15, 0.2) is 5.60 Å². The summed E-state index contributed by atoms with van der Waals surface area (Å²) in [6, 6.07) is 16.3. The second kappa shape index (κ2) is 9.29. The highest BCUT2D eigenvalue weighted by Crippen LogP contribution is 2.58. The minimum absolute atomic E-state index is 0.123. The molecule has 0 amide bonds. The topological polar surface area (TPSA) is 125 Å². The van der Waals surface area contributed by atoms with Crippen molar-refractivity contribution in [3.05, 3.63) is 82.9 Å². The van der Waals surface area contributed by atoms with E-state index in [0.717, 1.165) is 0 Å². The van der Waals surface area contributed by atoms with Crippen molar-refractivity contribution in [2.45, 2.75) is 5.60 Å². The molecule has 13 heteroatoms. The van der Waals surface area contributed by atoms with Gasteiger partial charge in [0.25, 0.3) is 0 Å². The van der Waals surface area contributed by atoms with Crippen LogP contribution >= 0.6 is 15.6 Å². The SMILES string of the molecule is COP(=O)(OC)Oc1ccc2c(c1)Oc1cc(OP(=O)(OC)OC)ccc1C21OC(=O)c2ccccc21. The lowest BCUT2D eigenvalue weighted by Gasteiger charge is -2.36. The van der Waals surface area contributed by atoms with Crippen LogP contribution in [0.1, 0.15) is 27.0 Å². The van der Waals surface area contributed by atoms with Crippen LogP contribution in [0.2, 0.25) is 0 Å². The molecule has 0 saturated carbocycles. The van der Waals surface area contributed by atoms with E-state index in [-0.39, 0.29) is 23.0 Å². The van der Waals surface area contributed by atoms with Crippen LogP contribution < -0.4 is 13.8 Å². The van der Waals surface area contributed by atoms with Gasteiger partial charge in [-0.05, 0) is 30.3 Å². The van der Waals surface area contributed by atoms with E-state index in [1.807, 2.05) is 0 Å². The van der Waals surface area contributed by atoms with Crippen LogP contribution in [0.5, 0.6) is 23.0 Å². The summed E-state index contributed by atoms with van der Waals surface area (Å²) in [5, 5.41) is 0. The lowest BCUT2D eigenvalue weighted by molar-refractivity contribution is 0.0224. The van der Waals surface area contributed by atoms with Crippen LogP contribution in [0, 0.1) is 0 Å². The lowest BCUT2D eigenvalue weighted by Crippen LogP contribution is -2.33. The monoisotopic (exact) mass is 548 g/mol. The van der Waals surface area contributed by atoms with Crippen molar-refractivity contribution in [1.82, 2.24) is 0 Å². The Kier molecular flexibility index (Phi) is 6.40. The molecule has 2 aliphatic rings. The lowest BCUT2D eigenvalue weighted by atomic mass is 9.77. The first-order chi connectivity index (χ1) is 17.7. The predicted molar refractivity (Wildman–Crippen MR) is 129 cm³/mol. The fourth-order valence-electron chi connectivity index (χ4n) is 4.31. The highest BCUT2D eigenvalue weighted by Gasteiger charge is 2.53. The first-order valence-electron chi connectivity index (χ1n) is 10.8. The number of carbonyl (C=O) groups is 1. The number of benzene rings is 3. The van der Waals surface area contributed by atoms with Crippen LogP contribution in [0.4, 0.5) is 0 Å². The molecular weight excluding hydrogens is 526 g/mol. The summed E-state index contributed by atoms with van der Waals surface area (Å²) in [4.78, 5) is 13.0. The van der Waals surface area contributed by atoms with Crippen molar-refractivity contribution in [2.75, 3.05) is 28.4 Å². The Morgan fingerprint density at radius 3 is 1.65 bits per heavy atom. The van der Waals surface area contributed by atoms with Crippen LogP contribution in [-0.2, 0) is 37.6 Å². The zero-order chi connectivity index (χ0) is 26.4. The van der Waals surface area contributed by atoms with E-state index in [2.05, 4.69) is 0 Å². The Morgan fingerprint density at radius 1 is 0.676 bits per heavy atom. The molecule has 11 nitrogen and oxygen atoms in total. The largest absolute Gasteiger partial charge is 0.529 e. The maximum absolute atomic E-state index is 13.0. The number of hydrogen-bond donors (Lipinski definition) is 0. The standard InChI is InChI=1S/C24H22O11P2/c1-28-36(26,29-2)34-15-9-11-19-21(13-15)32-22-14-16(35-37(27,30-3)31-4)10-12-20(22)24(19)18-8-6-5-7-17(18)23(25)33-24/h5-14H,1-4H3. The first kappa shape index (κ1) is 25.5. The number of phosphoric acid groups is 2. The van der Waals surface area contributed by atoms with Crippen molar-refractivity contribution in [2.24, 2.45) is 0 Å². The Labute approximate surface area is 212 Å². The molecule has 2 heterocycles. The summed E-state index contributed by atoms with van der Waals surface area (Å²) < 4.78 is 67.6. The summed E-state index contributed by atoms with van der Waals surface area (Å²) in [7, 11) is -2.94. The molecule has 0 unspecified atom stereocenters. The minimum Gasteiger partial charge on any atom is -0.456 e. The molecule has 1 spiro atoms. The first-order valence-corrected chi connectivity index (χ1v) is 13.7. The smallest absolute Gasteiger partial charge is 0.456 e. The summed E-state index contributed by atoms with van der Waals surface area (Å²) in [6.45, 7) is 0. The van der Waals surface area contributed by atoms with Gasteiger partial charge < -0.3 is 18.5 Å². The van der Waals surface area contributed by atoms with Gasteiger partial charge >= 0.3 is 21.6 Å². The van der Waals surface area contributed by atoms with Crippen molar-refractivity contribution in [3.63, 3.8) is 0 Å². The highest BCUT2D eigenvalue weighted by molar-refractivity contribution is 7.49. The number of hydrogen-bond acceptors (Lipinski definition) is 11. The zero-order valence-corrected chi connectivity index (χ0v) is 21.9. The van der Waals surface area contributed by atoms with E-state index < -0.39 is 27.2 Å². The van der Waals surface area contributed by atoms with Crippen molar-refractivity contribution < 1.29 is 50.5 Å². The molecule has 3 aromatic rings. The van der Waals surface area contributed by atoms with E-state index in [4.69, 9.17) is 36.6 Å². The molecule has 0 aromatic heterocycles. The Balaban J connectivity index is 1.69. The molecule has 0 radical (unpaired) electrons. The number of esters is 1. The molecule has 194 valence electrons. The summed E-state index contributed by atoms with van der Waals surface area (Å²) in [5.41, 5.74) is 0.638. The van der Waals surface area contributed by atoms with E-state index >= 15 is 0 Å². The molecule has 0 aliphatic carbocycles. The van der Waals surface area contributed by atoms with Gasteiger partial charge in [-0.2, -0.15) is 0 Å². The molecule has 0 saturated heterocycles. The fraction of sp³-hybridized carbons (Fsp3) is 0.208. The number of phosphoric ester groups is 2. The second-order valence-electron chi connectivity index (χ2n) is 7.84. The molecule has 3 aromatic carbocycles. The van der Waals surface area contributed by atoms with Gasteiger partial charge in [-0.15, -0.1) is 0 Å². The van der Waals surface area contributed by atoms with Crippen LogP contribution in [0.15, 0.2) is 60.7 Å². The predicted octanol–water partition coefficient (Wildman–Crippen LogP) is 5.81. The highest BCUT2D eigenvalue weighted by atomic mass is 31.2. The third-order valence-electron chi connectivity index (χ3n) is 5.99. The second-order valence-corrected chi connectivity index (χ2v) is 11.5. The number of carbonyl (C=O) groups excluding carboxylic acids is 1. The number of fused-ring (bicyclic) bond motifs is 6. The van der Waals surface area contributed by atoms with Gasteiger partial charge in [0.2, 0.25) is 0 Å².